The lowest BCUT2D eigenvalue weighted by Crippen LogP contribution is -2.70. The fourth-order valence-corrected chi connectivity index (χ4v) is 7.03. The van der Waals surface area contributed by atoms with Crippen molar-refractivity contribution in [1.29, 1.82) is 0 Å². The van der Waals surface area contributed by atoms with Gasteiger partial charge in [0, 0.05) is 28.0 Å². The summed E-state index contributed by atoms with van der Waals surface area (Å²) in [5.74, 6) is -0.978. The molecule has 2 aromatic heterocycles. The van der Waals surface area contributed by atoms with Crippen LogP contribution in [-0.2, 0) is 20.8 Å². The Morgan fingerprint density at radius 1 is 1.37 bits per heavy atom. The van der Waals surface area contributed by atoms with Crippen molar-refractivity contribution in [1.82, 2.24) is 20.2 Å². The molecule has 4 heterocycles. The summed E-state index contributed by atoms with van der Waals surface area (Å²) in [7, 11) is 0. The van der Waals surface area contributed by atoms with E-state index in [1.54, 1.807) is 5.38 Å². The number of aromatic nitrogens is 2. The molecule has 13 heteroatoms. The third kappa shape index (κ3) is 4.19. The molecule has 2 amide bonds. The summed E-state index contributed by atoms with van der Waals surface area (Å²) in [5, 5.41) is 16.0. The molecule has 4 rings (SSSR count). The molecule has 1 saturated heterocycles. The van der Waals surface area contributed by atoms with Gasteiger partial charge in [-0.2, -0.15) is 0 Å². The molecule has 2 aromatic rings. The maximum atomic E-state index is 12.7. The number of carboxylic acid groups (broad SMARTS) is 1. The standard InChI is InChI=1S/C17H17N5O4S4/c1-7-3-29-17(19-7)30-5-8-4-27-14-11(13(24)22(14)12(8)15(25)26)21-10(23)2-9-6-28-16(18)20-9/h3,6,11,14H,2,4-5H2,1H3,(H2,18,20)(H,21,23)(H,25,26)/t11?,14-/m0/s1. The van der Waals surface area contributed by atoms with Gasteiger partial charge in [-0.15, -0.1) is 34.4 Å². The van der Waals surface area contributed by atoms with Gasteiger partial charge < -0.3 is 16.2 Å². The minimum atomic E-state index is -1.14. The number of aliphatic carboxylic acids is 1. The van der Waals surface area contributed by atoms with E-state index in [2.05, 4.69) is 15.3 Å². The molecule has 158 valence electrons. The fourth-order valence-electron chi connectivity index (χ4n) is 3.13. The molecule has 0 aliphatic carbocycles. The number of thiazole rings is 2. The van der Waals surface area contributed by atoms with Crippen LogP contribution < -0.4 is 11.1 Å². The summed E-state index contributed by atoms with van der Waals surface area (Å²) < 4.78 is 0.861. The fraction of sp³-hybridized carbons (Fsp3) is 0.353. The largest absolute Gasteiger partial charge is 0.477 e. The van der Waals surface area contributed by atoms with Crippen LogP contribution in [0.15, 0.2) is 26.4 Å². The number of nitrogens with two attached hydrogens (primary N) is 1. The number of fused-ring (bicyclic) bond motifs is 1. The van der Waals surface area contributed by atoms with Gasteiger partial charge in [-0.05, 0) is 12.5 Å². The summed E-state index contributed by atoms with van der Waals surface area (Å²) in [6.07, 6.45) is 0.0195. The van der Waals surface area contributed by atoms with Crippen molar-refractivity contribution in [2.75, 3.05) is 17.2 Å². The van der Waals surface area contributed by atoms with Crippen molar-refractivity contribution in [2.45, 2.75) is 29.1 Å². The van der Waals surface area contributed by atoms with E-state index in [-0.39, 0.29) is 18.0 Å². The highest BCUT2D eigenvalue weighted by Crippen LogP contribution is 2.41. The average molecular weight is 484 g/mol. The van der Waals surface area contributed by atoms with Gasteiger partial charge in [-0.3, -0.25) is 14.5 Å². The third-order valence-electron chi connectivity index (χ3n) is 4.45. The van der Waals surface area contributed by atoms with Crippen LogP contribution in [-0.4, -0.2) is 60.7 Å². The van der Waals surface area contributed by atoms with Crippen LogP contribution in [0, 0.1) is 6.92 Å². The Labute approximate surface area is 188 Å². The Morgan fingerprint density at radius 2 is 2.17 bits per heavy atom. The molecule has 4 N–H and O–H groups in total. The van der Waals surface area contributed by atoms with Gasteiger partial charge in [-0.25, -0.2) is 14.8 Å². The number of nitrogens with one attached hydrogen (secondary N) is 1. The van der Waals surface area contributed by atoms with Crippen LogP contribution in [0.25, 0.3) is 0 Å². The van der Waals surface area contributed by atoms with Crippen LogP contribution in [0.2, 0.25) is 0 Å². The van der Waals surface area contributed by atoms with Crippen LogP contribution in [0.3, 0.4) is 0 Å². The van der Waals surface area contributed by atoms with E-state index in [1.807, 2.05) is 12.3 Å². The second kappa shape index (κ2) is 8.57. The molecule has 2 aliphatic heterocycles. The summed E-state index contributed by atoms with van der Waals surface area (Å²) in [5.41, 5.74) is 7.72. The van der Waals surface area contributed by atoms with E-state index < -0.39 is 23.3 Å². The van der Waals surface area contributed by atoms with E-state index >= 15 is 0 Å². The first-order valence-electron chi connectivity index (χ1n) is 8.77. The zero-order chi connectivity index (χ0) is 21.4. The summed E-state index contributed by atoms with van der Waals surface area (Å²) >= 11 is 5.66. The van der Waals surface area contributed by atoms with Gasteiger partial charge in [0.1, 0.15) is 21.5 Å². The topological polar surface area (TPSA) is 139 Å². The SMILES string of the molecule is Cc1csc(SCC2=C(C(=O)O)N3C(=O)C(NC(=O)Cc4csc(N)n4)[C@@H]3SC2)n1. The highest BCUT2D eigenvalue weighted by molar-refractivity contribution is 8.01. The first-order valence-corrected chi connectivity index (χ1v) is 12.6. The molecular weight excluding hydrogens is 466 g/mol. The molecule has 2 atom stereocenters. The molecule has 0 spiro atoms. The monoisotopic (exact) mass is 483 g/mol. The number of carboxylic acids is 1. The maximum Gasteiger partial charge on any atom is 0.352 e. The molecule has 0 aromatic carbocycles. The first-order chi connectivity index (χ1) is 14.3. The zero-order valence-corrected chi connectivity index (χ0v) is 18.9. The van der Waals surface area contributed by atoms with Crippen molar-refractivity contribution in [3.8, 4) is 0 Å². The van der Waals surface area contributed by atoms with Gasteiger partial charge in [0.25, 0.3) is 5.91 Å². The quantitative estimate of drug-likeness (QED) is 0.395. The highest BCUT2D eigenvalue weighted by Gasteiger charge is 2.54. The Kier molecular flexibility index (Phi) is 6.04. The molecule has 1 fully saturated rings. The average Bonchev–Trinajstić information content (AvgIpc) is 3.31. The van der Waals surface area contributed by atoms with Gasteiger partial charge in [-0.1, -0.05) is 11.8 Å². The minimum Gasteiger partial charge on any atom is -0.477 e. The van der Waals surface area contributed by atoms with Crippen LogP contribution in [0.5, 0.6) is 0 Å². The van der Waals surface area contributed by atoms with Crippen LogP contribution in [0.4, 0.5) is 5.13 Å². The Morgan fingerprint density at radius 3 is 2.80 bits per heavy atom. The highest BCUT2D eigenvalue weighted by atomic mass is 32.2. The second-order valence-corrected chi connectivity index (χ2v) is 10.7. The number of nitrogens with zero attached hydrogens (tertiary/aromatic N) is 3. The number of anilines is 1. The predicted octanol–water partition coefficient (Wildman–Crippen LogP) is 1.56. The predicted molar refractivity (Wildman–Crippen MR) is 117 cm³/mol. The normalized spacial score (nSPS) is 20.7. The smallest absolute Gasteiger partial charge is 0.352 e. The number of rotatable bonds is 7. The second-order valence-electron chi connectivity index (χ2n) is 6.61. The molecule has 0 bridgehead atoms. The molecule has 2 aliphatic rings. The summed E-state index contributed by atoms with van der Waals surface area (Å²) in [6.45, 7) is 1.90. The molecule has 0 saturated carbocycles. The zero-order valence-electron chi connectivity index (χ0n) is 15.7. The van der Waals surface area contributed by atoms with Crippen LogP contribution in [0.1, 0.15) is 11.4 Å². The number of hydrogen-bond acceptors (Lipinski definition) is 10. The summed E-state index contributed by atoms with van der Waals surface area (Å²) in [6, 6.07) is -0.747. The van der Waals surface area contributed by atoms with Crippen molar-refractivity contribution < 1.29 is 19.5 Å². The van der Waals surface area contributed by atoms with Crippen molar-refractivity contribution in [2.24, 2.45) is 0 Å². The lowest BCUT2D eigenvalue weighted by molar-refractivity contribution is -0.150. The Hall–Kier alpha value is -2.09. The molecular formula is C17H17N5O4S4. The number of β-lactam (4-membered cyclic amide) rings is 1. The molecule has 30 heavy (non-hydrogen) atoms. The lowest BCUT2D eigenvalue weighted by Gasteiger charge is -2.49. The van der Waals surface area contributed by atoms with Gasteiger partial charge >= 0.3 is 5.97 Å². The molecule has 1 unspecified atom stereocenters. The molecule has 9 nitrogen and oxygen atoms in total. The van der Waals surface area contributed by atoms with E-state index in [0.29, 0.717) is 27.9 Å². The van der Waals surface area contributed by atoms with Gasteiger partial charge in [0.15, 0.2) is 5.13 Å². The van der Waals surface area contributed by atoms with E-state index in [4.69, 9.17) is 5.73 Å². The van der Waals surface area contributed by atoms with Crippen molar-refractivity contribution >= 4 is 69.1 Å². The number of carbonyl (C=O) groups excluding carboxylic acids is 2. The van der Waals surface area contributed by atoms with Crippen LogP contribution >= 0.6 is 46.2 Å². The Balaban J connectivity index is 1.43. The number of nitrogen functional groups attached to an aromatic ring is 1. The number of thioether (sulfide) groups is 2. The number of aryl methyl sites for hydroxylation is 1. The maximum absolute atomic E-state index is 12.7. The van der Waals surface area contributed by atoms with Gasteiger partial charge in [0.2, 0.25) is 5.91 Å². The van der Waals surface area contributed by atoms with E-state index in [0.717, 1.165) is 10.0 Å². The Bertz CT molecular complexity index is 1050. The van der Waals surface area contributed by atoms with E-state index in [1.165, 1.54) is 51.1 Å². The van der Waals surface area contributed by atoms with Crippen molar-refractivity contribution in [3.63, 3.8) is 0 Å². The number of amides is 2. The minimum absolute atomic E-state index is 0.0160. The third-order valence-corrected chi connectivity index (χ3v) is 8.73. The number of carbonyl (C=O) groups is 3. The summed E-state index contributed by atoms with van der Waals surface area (Å²) in [4.78, 5) is 46.5. The van der Waals surface area contributed by atoms with Gasteiger partial charge in [0.05, 0.1) is 12.1 Å². The van der Waals surface area contributed by atoms with Crippen molar-refractivity contribution in [3.05, 3.63) is 33.4 Å². The van der Waals surface area contributed by atoms with E-state index in [9.17, 15) is 19.5 Å². The molecule has 0 radical (unpaired) electrons. The lowest BCUT2D eigenvalue weighted by atomic mass is 10.0. The first kappa shape index (κ1) is 21.2. The number of hydrogen-bond donors (Lipinski definition) is 3.